The number of anilines is 1. The first-order valence-corrected chi connectivity index (χ1v) is 7.33. The molecule has 10 heteroatoms. The molecule has 1 heterocycles. The lowest BCUT2D eigenvalue weighted by molar-refractivity contribution is 0.0697. The third-order valence-electron chi connectivity index (χ3n) is 2.84. The molecule has 116 valence electrons. The molecular formula is C11H12F2N2O5S. The Bertz CT molecular complexity index is 659. The van der Waals surface area contributed by atoms with Crippen LogP contribution in [0.3, 0.4) is 0 Å². The topological polar surface area (TPSA) is 95.9 Å². The van der Waals surface area contributed by atoms with E-state index in [9.17, 15) is 22.0 Å². The number of benzene rings is 1. The van der Waals surface area contributed by atoms with Gasteiger partial charge in [-0.2, -0.15) is 12.7 Å². The maximum absolute atomic E-state index is 13.2. The summed E-state index contributed by atoms with van der Waals surface area (Å²) >= 11 is 0. The van der Waals surface area contributed by atoms with Gasteiger partial charge < -0.3 is 9.84 Å². The van der Waals surface area contributed by atoms with Crippen LogP contribution in [0, 0.1) is 11.6 Å². The van der Waals surface area contributed by atoms with Crippen LogP contribution in [0.1, 0.15) is 10.4 Å². The van der Waals surface area contributed by atoms with E-state index in [1.165, 1.54) is 0 Å². The van der Waals surface area contributed by atoms with Crippen LogP contribution in [0.2, 0.25) is 0 Å². The van der Waals surface area contributed by atoms with Gasteiger partial charge in [0.1, 0.15) is 0 Å². The van der Waals surface area contributed by atoms with E-state index >= 15 is 0 Å². The quantitative estimate of drug-likeness (QED) is 0.848. The van der Waals surface area contributed by atoms with Gasteiger partial charge in [0.15, 0.2) is 11.6 Å². The van der Waals surface area contributed by atoms with E-state index in [1.54, 1.807) is 0 Å². The summed E-state index contributed by atoms with van der Waals surface area (Å²) in [5, 5.41) is 8.93. The van der Waals surface area contributed by atoms with Crippen LogP contribution >= 0.6 is 0 Å². The van der Waals surface area contributed by atoms with Crippen molar-refractivity contribution in [3.63, 3.8) is 0 Å². The molecule has 0 atom stereocenters. The number of carbonyl (C=O) groups is 1. The van der Waals surface area contributed by atoms with E-state index in [0.717, 1.165) is 4.31 Å². The number of ether oxygens (including phenoxy) is 1. The summed E-state index contributed by atoms with van der Waals surface area (Å²) in [4.78, 5) is 11.0. The average molecular weight is 322 g/mol. The standard InChI is InChI=1S/C11H12F2N2O5S/c12-8-5-7(11(16)17)10(6-9(8)13)14-21(18,19)15-1-3-20-4-2-15/h5-6,14H,1-4H2,(H,16,17). The SMILES string of the molecule is O=C(O)c1cc(F)c(F)cc1NS(=O)(=O)N1CCOCC1. The second-order valence-electron chi connectivity index (χ2n) is 4.24. The molecule has 0 radical (unpaired) electrons. The Morgan fingerprint density at radius 3 is 2.38 bits per heavy atom. The van der Waals surface area contributed by atoms with Crippen LogP contribution in [0.4, 0.5) is 14.5 Å². The number of aromatic carboxylic acids is 1. The molecule has 21 heavy (non-hydrogen) atoms. The summed E-state index contributed by atoms with van der Waals surface area (Å²) in [5.41, 5.74) is -1.21. The molecule has 0 amide bonds. The van der Waals surface area contributed by atoms with Gasteiger partial charge in [-0.3, -0.25) is 4.72 Å². The average Bonchev–Trinajstić information content (AvgIpc) is 2.43. The van der Waals surface area contributed by atoms with Crippen molar-refractivity contribution in [1.29, 1.82) is 0 Å². The van der Waals surface area contributed by atoms with Gasteiger partial charge in [0, 0.05) is 19.2 Å². The molecule has 1 saturated heterocycles. The van der Waals surface area contributed by atoms with E-state index in [2.05, 4.69) is 0 Å². The molecular weight excluding hydrogens is 310 g/mol. The molecule has 0 unspecified atom stereocenters. The highest BCUT2D eigenvalue weighted by Crippen LogP contribution is 2.22. The number of nitrogens with one attached hydrogen (secondary N) is 1. The van der Waals surface area contributed by atoms with Crippen LogP contribution in [0.15, 0.2) is 12.1 Å². The van der Waals surface area contributed by atoms with Crippen molar-refractivity contribution in [3.8, 4) is 0 Å². The Morgan fingerprint density at radius 1 is 1.24 bits per heavy atom. The first-order valence-electron chi connectivity index (χ1n) is 5.89. The summed E-state index contributed by atoms with van der Waals surface area (Å²) in [6, 6.07) is 0.922. The number of nitrogens with zero attached hydrogens (tertiary/aromatic N) is 1. The summed E-state index contributed by atoms with van der Waals surface area (Å²) in [7, 11) is -4.07. The highest BCUT2D eigenvalue weighted by molar-refractivity contribution is 7.90. The monoisotopic (exact) mass is 322 g/mol. The largest absolute Gasteiger partial charge is 0.478 e. The number of rotatable bonds is 4. The summed E-state index contributed by atoms with van der Waals surface area (Å²) in [5.74, 6) is -4.30. The first kappa shape index (κ1) is 15.6. The van der Waals surface area contributed by atoms with Crippen molar-refractivity contribution in [2.45, 2.75) is 0 Å². The molecule has 0 aliphatic carbocycles. The fourth-order valence-electron chi connectivity index (χ4n) is 1.80. The minimum Gasteiger partial charge on any atom is -0.478 e. The molecule has 0 bridgehead atoms. The van der Waals surface area contributed by atoms with Gasteiger partial charge in [0.2, 0.25) is 0 Å². The lowest BCUT2D eigenvalue weighted by atomic mass is 10.2. The molecule has 0 spiro atoms. The number of morpholine rings is 1. The maximum atomic E-state index is 13.2. The van der Waals surface area contributed by atoms with Crippen molar-refractivity contribution >= 4 is 21.9 Å². The molecule has 0 saturated carbocycles. The smallest absolute Gasteiger partial charge is 0.337 e. The van der Waals surface area contributed by atoms with Crippen LogP contribution in [-0.4, -0.2) is 50.1 Å². The van der Waals surface area contributed by atoms with Crippen molar-refractivity contribution in [1.82, 2.24) is 4.31 Å². The van der Waals surface area contributed by atoms with Crippen molar-refractivity contribution in [2.24, 2.45) is 0 Å². The lowest BCUT2D eigenvalue weighted by Crippen LogP contribution is -2.43. The second-order valence-corrected chi connectivity index (χ2v) is 5.91. The van der Waals surface area contributed by atoms with Crippen LogP contribution in [0.5, 0.6) is 0 Å². The molecule has 1 aliphatic rings. The normalized spacial score (nSPS) is 16.7. The van der Waals surface area contributed by atoms with Gasteiger partial charge in [0.25, 0.3) is 0 Å². The maximum Gasteiger partial charge on any atom is 0.337 e. The fraction of sp³-hybridized carbons (Fsp3) is 0.364. The molecule has 1 aliphatic heterocycles. The van der Waals surface area contributed by atoms with Gasteiger partial charge in [-0.15, -0.1) is 0 Å². The van der Waals surface area contributed by atoms with Gasteiger partial charge in [-0.1, -0.05) is 0 Å². The van der Waals surface area contributed by atoms with Gasteiger partial charge in [0.05, 0.1) is 24.5 Å². The third kappa shape index (κ3) is 3.46. The summed E-state index contributed by atoms with van der Waals surface area (Å²) in [6.45, 7) is 0.567. The predicted octanol–water partition coefficient (Wildman–Crippen LogP) is 0.652. The van der Waals surface area contributed by atoms with E-state index < -0.39 is 39.1 Å². The highest BCUT2D eigenvalue weighted by atomic mass is 32.2. The number of hydrogen-bond acceptors (Lipinski definition) is 4. The van der Waals surface area contributed by atoms with Crippen LogP contribution < -0.4 is 4.72 Å². The Hall–Kier alpha value is -1.78. The fourth-order valence-corrected chi connectivity index (χ4v) is 3.00. The summed E-state index contributed by atoms with van der Waals surface area (Å²) in [6.07, 6.45) is 0. The number of halogens is 2. The number of hydrogen-bond donors (Lipinski definition) is 2. The number of carboxylic acids is 1. The zero-order chi connectivity index (χ0) is 15.6. The van der Waals surface area contributed by atoms with Crippen molar-refractivity contribution in [2.75, 3.05) is 31.0 Å². The summed E-state index contributed by atoms with van der Waals surface area (Å²) < 4.78 is 58.4. The van der Waals surface area contributed by atoms with E-state index in [0.29, 0.717) is 12.1 Å². The Balaban J connectivity index is 2.33. The Labute approximate surface area is 119 Å². The third-order valence-corrected chi connectivity index (χ3v) is 4.36. The highest BCUT2D eigenvalue weighted by Gasteiger charge is 2.26. The van der Waals surface area contributed by atoms with Crippen LogP contribution in [-0.2, 0) is 14.9 Å². The zero-order valence-corrected chi connectivity index (χ0v) is 11.5. The molecule has 2 N–H and O–H groups in total. The number of carboxylic acid groups (broad SMARTS) is 1. The minimum atomic E-state index is -4.07. The van der Waals surface area contributed by atoms with E-state index in [1.807, 2.05) is 4.72 Å². The van der Waals surface area contributed by atoms with Gasteiger partial charge >= 0.3 is 16.2 Å². The molecule has 1 fully saturated rings. The van der Waals surface area contributed by atoms with E-state index in [4.69, 9.17) is 9.84 Å². The Morgan fingerprint density at radius 2 is 1.81 bits per heavy atom. The molecule has 7 nitrogen and oxygen atoms in total. The van der Waals surface area contributed by atoms with Gasteiger partial charge in [-0.25, -0.2) is 13.6 Å². The second kappa shape index (κ2) is 5.92. The molecule has 1 aromatic rings. The lowest BCUT2D eigenvalue weighted by Gasteiger charge is -2.26. The van der Waals surface area contributed by atoms with Gasteiger partial charge in [-0.05, 0) is 6.07 Å². The molecule has 1 aromatic carbocycles. The Kier molecular flexibility index (Phi) is 4.40. The molecule has 2 rings (SSSR count). The van der Waals surface area contributed by atoms with E-state index in [-0.39, 0.29) is 26.3 Å². The minimum absolute atomic E-state index is 0.0847. The van der Waals surface area contributed by atoms with Crippen LogP contribution in [0.25, 0.3) is 0 Å². The molecule has 0 aromatic heterocycles. The van der Waals surface area contributed by atoms with Crippen molar-refractivity contribution < 1.29 is 31.8 Å². The zero-order valence-electron chi connectivity index (χ0n) is 10.7. The first-order chi connectivity index (χ1) is 9.81. The predicted molar refractivity (Wildman–Crippen MR) is 68.3 cm³/mol. The van der Waals surface area contributed by atoms with Crippen molar-refractivity contribution in [3.05, 3.63) is 29.3 Å².